The summed E-state index contributed by atoms with van der Waals surface area (Å²) in [5.74, 6) is -1.82. The molecule has 0 bridgehead atoms. The molecule has 0 unspecified atom stereocenters. The first-order valence-electron chi connectivity index (χ1n) is 4.77. The van der Waals surface area contributed by atoms with Crippen molar-refractivity contribution in [1.29, 1.82) is 0 Å². The number of hydrogen-bond donors (Lipinski definition) is 2. The van der Waals surface area contributed by atoms with Crippen LogP contribution in [0.15, 0.2) is 25.4 Å². The second-order valence-corrected chi connectivity index (χ2v) is 6.68. The molecule has 0 aliphatic carbocycles. The maximum absolute atomic E-state index is 12.0. The van der Waals surface area contributed by atoms with Crippen LogP contribution in [0.5, 0.6) is 0 Å². The van der Waals surface area contributed by atoms with Crippen molar-refractivity contribution < 1.29 is 22.7 Å². The number of nitrogens with one attached hydrogen (secondary N) is 1. The fourth-order valence-corrected chi connectivity index (χ4v) is 4.09. The summed E-state index contributed by atoms with van der Waals surface area (Å²) < 4.78 is 30.9. The van der Waals surface area contributed by atoms with Crippen molar-refractivity contribution in [2.24, 2.45) is 0 Å². The number of hydrogen-bond acceptors (Lipinski definition) is 6. The SMILES string of the molecule is Cc1csc(NS(=O)(=O)c2cc(C(=O)O)oc2Br)n1. The van der Waals surface area contributed by atoms with Crippen molar-refractivity contribution >= 4 is 48.4 Å². The van der Waals surface area contributed by atoms with E-state index in [0.717, 1.165) is 17.4 Å². The van der Waals surface area contributed by atoms with Gasteiger partial charge in [-0.25, -0.2) is 18.2 Å². The molecule has 0 saturated carbocycles. The van der Waals surface area contributed by atoms with Gasteiger partial charge in [0.15, 0.2) is 9.80 Å². The van der Waals surface area contributed by atoms with E-state index in [1.54, 1.807) is 12.3 Å². The zero-order valence-electron chi connectivity index (χ0n) is 9.38. The van der Waals surface area contributed by atoms with E-state index in [9.17, 15) is 13.2 Å². The third-order valence-electron chi connectivity index (χ3n) is 2.00. The van der Waals surface area contributed by atoms with Crippen molar-refractivity contribution in [3.05, 3.63) is 27.6 Å². The predicted molar refractivity (Wildman–Crippen MR) is 71.0 cm³/mol. The lowest BCUT2D eigenvalue weighted by Crippen LogP contribution is -2.12. The summed E-state index contributed by atoms with van der Waals surface area (Å²) in [7, 11) is -3.95. The van der Waals surface area contributed by atoms with Gasteiger partial charge in [-0.05, 0) is 22.9 Å². The Morgan fingerprint density at radius 3 is 2.74 bits per heavy atom. The molecule has 0 aliphatic rings. The van der Waals surface area contributed by atoms with Crippen molar-refractivity contribution in [2.45, 2.75) is 11.8 Å². The quantitative estimate of drug-likeness (QED) is 0.858. The highest BCUT2D eigenvalue weighted by atomic mass is 79.9. The van der Waals surface area contributed by atoms with Crippen molar-refractivity contribution in [3.8, 4) is 0 Å². The van der Waals surface area contributed by atoms with Crippen molar-refractivity contribution in [2.75, 3.05) is 4.72 Å². The van der Waals surface area contributed by atoms with Gasteiger partial charge in [-0.1, -0.05) is 0 Å². The number of aromatic carboxylic acids is 1. The smallest absolute Gasteiger partial charge is 0.371 e. The number of sulfonamides is 1. The van der Waals surface area contributed by atoms with Gasteiger partial charge in [-0.2, -0.15) is 0 Å². The highest BCUT2D eigenvalue weighted by Gasteiger charge is 2.25. The van der Waals surface area contributed by atoms with E-state index in [4.69, 9.17) is 9.52 Å². The van der Waals surface area contributed by atoms with Gasteiger partial charge in [-0.15, -0.1) is 11.3 Å². The summed E-state index contributed by atoms with van der Waals surface area (Å²) in [6, 6.07) is 0.926. The van der Waals surface area contributed by atoms with Gasteiger partial charge in [0.05, 0.1) is 5.69 Å². The normalized spacial score (nSPS) is 11.5. The van der Waals surface area contributed by atoms with Gasteiger partial charge >= 0.3 is 5.97 Å². The molecule has 10 heteroatoms. The summed E-state index contributed by atoms with van der Waals surface area (Å²) in [5, 5.41) is 10.6. The van der Waals surface area contributed by atoms with Crippen LogP contribution in [-0.2, 0) is 10.0 Å². The number of aryl methyl sites for hydroxylation is 1. The molecule has 0 atom stereocenters. The van der Waals surface area contributed by atoms with Gasteiger partial charge in [-0.3, -0.25) is 4.72 Å². The number of carbonyl (C=O) groups is 1. The third-order valence-corrected chi connectivity index (χ3v) is 5.20. The van der Waals surface area contributed by atoms with Crippen LogP contribution in [-0.4, -0.2) is 24.5 Å². The minimum atomic E-state index is -3.95. The summed E-state index contributed by atoms with van der Waals surface area (Å²) >= 11 is 4.00. The molecular formula is C9H7BrN2O5S2. The van der Waals surface area contributed by atoms with Gasteiger partial charge < -0.3 is 9.52 Å². The zero-order valence-corrected chi connectivity index (χ0v) is 12.6. The third kappa shape index (κ3) is 2.96. The van der Waals surface area contributed by atoms with Crippen LogP contribution < -0.4 is 4.72 Å². The van der Waals surface area contributed by atoms with E-state index < -0.39 is 21.8 Å². The topological polar surface area (TPSA) is 110 Å². The van der Waals surface area contributed by atoms with Gasteiger partial charge in [0.25, 0.3) is 10.0 Å². The molecule has 2 N–H and O–H groups in total. The maximum atomic E-state index is 12.0. The van der Waals surface area contributed by atoms with Crippen LogP contribution in [0, 0.1) is 6.92 Å². The van der Waals surface area contributed by atoms with E-state index in [2.05, 4.69) is 25.6 Å². The Kier molecular flexibility index (Phi) is 3.65. The molecule has 2 heterocycles. The molecule has 2 aromatic heterocycles. The largest absolute Gasteiger partial charge is 0.475 e. The molecule has 0 aliphatic heterocycles. The van der Waals surface area contributed by atoms with Crippen LogP contribution in [0.2, 0.25) is 0 Å². The summed E-state index contributed by atoms with van der Waals surface area (Å²) in [5.41, 5.74) is 0.681. The highest BCUT2D eigenvalue weighted by molar-refractivity contribution is 9.10. The molecule has 2 rings (SSSR count). The number of halogens is 1. The molecule has 0 aromatic carbocycles. The fraction of sp³-hybridized carbons (Fsp3) is 0.111. The van der Waals surface area contributed by atoms with Gasteiger partial charge in [0, 0.05) is 11.4 Å². The first kappa shape index (κ1) is 14.0. The Balaban J connectivity index is 2.37. The summed E-state index contributed by atoms with van der Waals surface area (Å²) in [4.78, 5) is 14.4. The van der Waals surface area contributed by atoms with E-state index in [1.807, 2.05) is 0 Å². The second-order valence-electron chi connectivity index (χ2n) is 3.45. The van der Waals surface area contributed by atoms with Crippen molar-refractivity contribution in [3.63, 3.8) is 0 Å². The number of furan rings is 1. The standard InChI is InChI=1S/C9H7BrN2O5S2/c1-4-3-18-9(11-4)12-19(15,16)6-2-5(8(13)14)17-7(6)10/h2-3H,1H3,(H,11,12)(H,13,14). The van der Waals surface area contributed by atoms with Gasteiger partial charge in [0.1, 0.15) is 4.90 Å². The molecular weight excluding hydrogens is 360 g/mol. The molecule has 0 radical (unpaired) electrons. The average Bonchev–Trinajstić information content (AvgIpc) is 2.85. The fourth-order valence-electron chi connectivity index (χ4n) is 1.21. The second kappa shape index (κ2) is 4.94. The first-order chi connectivity index (χ1) is 8.79. The Labute approximate surface area is 120 Å². The van der Waals surface area contributed by atoms with Crippen LogP contribution in [0.25, 0.3) is 0 Å². The summed E-state index contributed by atoms with van der Waals surface area (Å²) in [6.07, 6.45) is 0. The monoisotopic (exact) mass is 366 g/mol. The number of carboxylic acid groups (broad SMARTS) is 1. The number of nitrogens with zero attached hydrogens (tertiary/aromatic N) is 1. The Morgan fingerprint density at radius 1 is 1.58 bits per heavy atom. The summed E-state index contributed by atoms with van der Waals surface area (Å²) in [6.45, 7) is 1.73. The molecule has 0 saturated heterocycles. The molecule has 19 heavy (non-hydrogen) atoms. The Bertz CT molecular complexity index is 734. The Hall–Kier alpha value is -1.39. The lowest BCUT2D eigenvalue weighted by atomic mass is 10.5. The molecule has 0 fully saturated rings. The Morgan fingerprint density at radius 2 is 2.26 bits per heavy atom. The van der Waals surface area contributed by atoms with Crippen LogP contribution in [0.1, 0.15) is 16.2 Å². The van der Waals surface area contributed by atoms with E-state index in [-0.39, 0.29) is 14.7 Å². The number of aromatic nitrogens is 1. The van der Waals surface area contributed by atoms with E-state index in [0.29, 0.717) is 5.69 Å². The number of thiazole rings is 1. The predicted octanol–water partition coefficient (Wildman–Crippen LogP) is 2.31. The molecule has 2 aromatic rings. The molecule has 102 valence electrons. The lowest BCUT2D eigenvalue weighted by molar-refractivity contribution is 0.0661. The average molecular weight is 367 g/mol. The van der Waals surface area contributed by atoms with E-state index in [1.165, 1.54) is 0 Å². The van der Waals surface area contributed by atoms with Crippen LogP contribution in [0.3, 0.4) is 0 Å². The lowest BCUT2D eigenvalue weighted by Gasteiger charge is -2.02. The van der Waals surface area contributed by atoms with Crippen LogP contribution >= 0.6 is 27.3 Å². The first-order valence-corrected chi connectivity index (χ1v) is 7.93. The number of anilines is 1. The molecule has 0 amide bonds. The minimum absolute atomic E-state index is 0.175. The molecule has 0 spiro atoms. The minimum Gasteiger partial charge on any atom is -0.475 e. The molecule has 7 nitrogen and oxygen atoms in total. The maximum Gasteiger partial charge on any atom is 0.371 e. The zero-order chi connectivity index (χ0) is 14.2. The van der Waals surface area contributed by atoms with E-state index >= 15 is 0 Å². The highest BCUT2D eigenvalue weighted by Crippen LogP contribution is 2.28. The van der Waals surface area contributed by atoms with Crippen LogP contribution in [0.4, 0.5) is 5.13 Å². The van der Waals surface area contributed by atoms with Crippen molar-refractivity contribution in [1.82, 2.24) is 4.98 Å². The number of carboxylic acids is 1. The number of rotatable bonds is 4. The van der Waals surface area contributed by atoms with Gasteiger partial charge in [0.2, 0.25) is 5.76 Å².